The van der Waals surface area contributed by atoms with Crippen molar-refractivity contribution in [2.45, 2.75) is 0 Å². The molecule has 0 atom stereocenters. The average Bonchev–Trinajstić information content (AvgIpc) is 2.38. The monoisotopic (exact) mass is 547 g/mol. The normalized spacial score (nSPS) is 15.0. The number of hydrogen-bond acceptors (Lipinski definition) is 1. The van der Waals surface area contributed by atoms with E-state index in [-0.39, 0.29) is 0 Å². The molecule has 0 aliphatic carbocycles. The molecule has 2 rings (SSSR count). The molecule has 0 saturated carbocycles. The molecule has 9 heteroatoms. The summed E-state index contributed by atoms with van der Waals surface area (Å²) >= 11 is -12.9. The van der Waals surface area contributed by atoms with Crippen LogP contribution in [0.2, 0.25) is 0 Å². The van der Waals surface area contributed by atoms with Gasteiger partial charge in [0.25, 0.3) is 0 Å². The van der Waals surface area contributed by atoms with Crippen LogP contribution in [-0.4, -0.2) is 26.6 Å². The zero-order chi connectivity index (χ0) is 16.9. The van der Waals surface area contributed by atoms with Crippen LogP contribution in [0.4, 0.5) is 16.9 Å². The van der Waals surface area contributed by atoms with Crippen LogP contribution in [0, 0.1) is 7.14 Å². The Morgan fingerprint density at radius 3 is 1.18 bits per heavy atom. The predicted molar refractivity (Wildman–Crippen MR) is 83.7 cm³/mol. The first kappa shape index (κ1) is 19.6. The van der Waals surface area contributed by atoms with Crippen molar-refractivity contribution in [2.75, 3.05) is 7.11 Å². The fraction of sp³-hybridized carbons (Fsp3) is 0.0769. The number of rotatable bonds is 3. The maximum atomic E-state index is 9.93. The Kier molecular flexibility index (Phi) is 5.84. The van der Waals surface area contributed by atoms with Gasteiger partial charge in [-0.05, 0) is 0 Å². The topological polar surface area (TPSA) is 9.23 Å². The first-order valence-corrected chi connectivity index (χ1v) is 14.6. The summed E-state index contributed by atoms with van der Waals surface area (Å²) in [5.74, 6) is 0. The van der Waals surface area contributed by atoms with Crippen LogP contribution in [0.3, 0.4) is 0 Å². The van der Waals surface area contributed by atoms with Crippen molar-refractivity contribution in [3.8, 4) is 0 Å². The van der Waals surface area contributed by atoms with Crippen molar-refractivity contribution in [2.24, 2.45) is 0 Å². The fourth-order valence-electron chi connectivity index (χ4n) is 1.36. The summed E-state index contributed by atoms with van der Waals surface area (Å²) < 4.78 is 67.9. The number of halogens is 7. The maximum absolute atomic E-state index is 11.2. The van der Waals surface area contributed by atoms with Gasteiger partial charge < -0.3 is 0 Å². The quantitative estimate of drug-likeness (QED) is 0.263. The van der Waals surface area contributed by atoms with Crippen LogP contribution >= 0.6 is 20.2 Å². The van der Waals surface area contributed by atoms with Crippen LogP contribution in [0.1, 0.15) is 0 Å². The molecule has 0 aliphatic rings. The van der Waals surface area contributed by atoms with Gasteiger partial charge in [0.15, 0.2) is 0 Å². The Bertz CT molecular complexity index is 537. The molecule has 0 spiro atoms. The van der Waals surface area contributed by atoms with Crippen LogP contribution in [0.15, 0.2) is 60.7 Å². The van der Waals surface area contributed by atoms with Gasteiger partial charge in [-0.2, -0.15) is 0 Å². The Balaban J connectivity index is 0.000000295. The first-order valence-electron chi connectivity index (χ1n) is 5.78. The van der Waals surface area contributed by atoms with Gasteiger partial charge in [-0.1, -0.05) is 0 Å². The predicted octanol–water partition coefficient (Wildman–Crippen LogP) is 5.93. The van der Waals surface area contributed by atoms with E-state index < -0.39 is 39.7 Å². The van der Waals surface area contributed by atoms with E-state index in [9.17, 15) is 16.9 Å². The third-order valence-electron chi connectivity index (χ3n) is 2.02. The van der Waals surface area contributed by atoms with Crippen molar-refractivity contribution in [3.63, 3.8) is 0 Å². The molecule has 0 unspecified atom stereocenters. The van der Waals surface area contributed by atoms with E-state index in [1.165, 1.54) is 7.14 Å². The number of benzene rings is 2. The van der Waals surface area contributed by atoms with Crippen LogP contribution in [0.5, 0.6) is 0 Å². The van der Waals surface area contributed by atoms with Gasteiger partial charge in [-0.15, -0.1) is 0 Å². The summed E-state index contributed by atoms with van der Waals surface area (Å²) in [6, 6.07) is 21.0. The third kappa shape index (κ3) is 10.3. The summed E-state index contributed by atoms with van der Waals surface area (Å²) in [4.78, 5) is 0. The van der Waals surface area contributed by atoms with Crippen molar-refractivity contribution in [1.29, 1.82) is 0 Å². The molecule has 0 heterocycles. The van der Waals surface area contributed by atoms with Gasteiger partial charge in [0.1, 0.15) is 0 Å². The Labute approximate surface area is 134 Å². The minimum atomic E-state index is -11.2. The Hall–Kier alpha value is -0.472. The Morgan fingerprint density at radius 2 is 0.955 bits per heavy atom. The van der Waals surface area contributed by atoms with E-state index in [4.69, 9.17) is 3.07 Å². The van der Waals surface area contributed by atoms with Gasteiger partial charge in [-0.25, -0.2) is 0 Å². The molecule has 22 heavy (non-hydrogen) atoms. The molecule has 0 aliphatic heterocycles. The molecule has 0 fully saturated rings. The van der Waals surface area contributed by atoms with Crippen LogP contribution in [0.25, 0.3) is 0 Å². The van der Waals surface area contributed by atoms with E-state index >= 15 is 0 Å². The average molecular weight is 548 g/mol. The molecule has 0 radical (unpaired) electrons. The Morgan fingerprint density at radius 1 is 0.682 bits per heavy atom. The second-order valence-corrected chi connectivity index (χ2v) is 14.2. The van der Waals surface area contributed by atoms with Crippen LogP contribution in [-0.2, 0) is 3.07 Å². The molecule has 1 nitrogen and oxygen atoms in total. The molecule has 2 aromatic carbocycles. The van der Waals surface area contributed by atoms with Gasteiger partial charge in [-0.3, -0.25) is 0 Å². The summed E-state index contributed by atoms with van der Waals surface area (Å²) in [5.41, 5.74) is 0. The van der Waals surface area contributed by atoms with Crippen molar-refractivity contribution in [1.82, 2.24) is 0 Å². The number of hydrogen-bond donors (Lipinski definition) is 0. The zero-order valence-corrected chi connectivity index (χ0v) is 16.0. The van der Waals surface area contributed by atoms with Gasteiger partial charge >= 0.3 is 135 Å². The molecular formula is C13H13F6IOSb-. The summed E-state index contributed by atoms with van der Waals surface area (Å²) in [7, 11) is 1.81. The van der Waals surface area contributed by atoms with E-state index in [0.29, 0.717) is 0 Å². The van der Waals surface area contributed by atoms with Gasteiger partial charge in [0.2, 0.25) is 0 Å². The summed E-state index contributed by atoms with van der Waals surface area (Å²) in [6.07, 6.45) is 0. The minimum absolute atomic E-state index is 1.34. The van der Waals surface area contributed by atoms with Crippen molar-refractivity contribution >= 4 is 39.7 Å². The van der Waals surface area contributed by atoms with Crippen LogP contribution < -0.4 is 0 Å². The SMILES string of the molecule is COI(c1ccccc1)c1ccccc1.[F][Sb-]([F])([F])([F])([F])[F]. The first-order chi connectivity index (χ1) is 9.86. The second-order valence-electron chi connectivity index (χ2n) is 3.95. The van der Waals surface area contributed by atoms with E-state index in [1.54, 1.807) is 0 Å². The third-order valence-corrected chi connectivity index (χ3v) is 6.60. The van der Waals surface area contributed by atoms with Gasteiger partial charge in [0, 0.05) is 0 Å². The van der Waals surface area contributed by atoms with Crippen molar-refractivity contribution < 1.29 is 19.9 Å². The van der Waals surface area contributed by atoms with Crippen molar-refractivity contribution in [3.05, 3.63) is 67.8 Å². The molecule has 0 N–H and O–H groups in total. The fourth-order valence-corrected chi connectivity index (χ4v) is 5.24. The summed E-state index contributed by atoms with van der Waals surface area (Å²) in [5, 5.41) is 0. The second kappa shape index (κ2) is 6.57. The van der Waals surface area contributed by atoms with E-state index in [1.807, 2.05) is 19.2 Å². The standard InChI is InChI=1S/C13H13IO.6FH.Sb/c1-15-14(12-8-4-2-5-9-12)13-10-6-3-7-11-13;;;;;;;/h2-11H,1H3;6*1H;/q;;;;;;;+5/p-6. The molecule has 126 valence electrons. The van der Waals surface area contributed by atoms with Gasteiger partial charge in [0.05, 0.1) is 0 Å². The molecule has 0 bridgehead atoms. The van der Waals surface area contributed by atoms with E-state index in [0.717, 1.165) is 0 Å². The molecule has 0 saturated heterocycles. The zero-order valence-electron chi connectivity index (χ0n) is 11.3. The molecule has 0 amide bonds. The molecule has 2 aromatic rings. The molecular weight excluding hydrogens is 535 g/mol. The molecule has 0 aromatic heterocycles. The summed E-state index contributed by atoms with van der Waals surface area (Å²) in [6.45, 7) is 0. The van der Waals surface area contributed by atoms with E-state index in [2.05, 4.69) is 48.5 Å².